The van der Waals surface area contributed by atoms with E-state index in [4.69, 9.17) is 39.1 Å². The molecule has 0 spiro atoms. The molecule has 0 aliphatic carbocycles. The van der Waals surface area contributed by atoms with Crippen molar-refractivity contribution in [1.29, 1.82) is 5.41 Å². The lowest BCUT2D eigenvalue weighted by Crippen LogP contribution is -2.35. The van der Waals surface area contributed by atoms with E-state index in [-0.39, 0.29) is 11.4 Å². The molecule has 4 rings (SSSR count). The van der Waals surface area contributed by atoms with Gasteiger partial charge in [0.2, 0.25) is 0 Å². The van der Waals surface area contributed by atoms with Crippen molar-refractivity contribution in [1.82, 2.24) is 20.2 Å². The number of rotatable bonds is 6. The first-order chi connectivity index (χ1) is 15.9. The second-order valence-electron chi connectivity index (χ2n) is 7.51. The number of urea groups is 1. The van der Waals surface area contributed by atoms with Crippen molar-refractivity contribution < 1.29 is 9.53 Å². The van der Waals surface area contributed by atoms with E-state index in [9.17, 15) is 4.79 Å². The Balaban J connectivity index is 1.49. The molecule has 33 heavy (non-hydrogen) atoms. The first-order valence-electron chi connectivity index (χ1n) is 10.3. The molecule has 1 aromatic heterocycles. The Bertz CT molecular complexity index is 1220. The summed E-state index contributed by atoms with van der Waals surface area (Å²) in [5, 5.41) is 13.6. The Morgan fingerprint density at radius 3 is 2.73 bits per heavy atom. The molecule has 1 saturated heterocycles. The molecule has 9 nitrogen and oxygen atoms in total. The van der Waals surface area contributed by atoms with Crippen LogP contribution in [0.3, 0.4) is 0 Å². The van der Waals surface area contributed by atoms with Gasteiger partial charge in [0, 0.05) is 31.5 Å². The number of nitrogens with zero attached hydrogens (tertiary/aromatic N) is 2. The van der Waals surface area contributed by atoms with Gasteiger partial charge in [0.25, 0.3) is 0 Å². The standard InChI is InChI=1S/C22H23Cl2N7O2/c23-15-3-2-14(10-16(15)24)27-22(32)30-19(11-25)20(26)21-28-17-4-1-13(9-18(17)29-21)12-31-5-7-33-8-6-31/h1-4,9-11,25H,5-8,12,26H2,(H,28,29)(H2,27,30,32). The van der Waals surface area contributed by atoms with Crippen LogP contribution in [0.15, 0.2) is 42.1 Å². The molecule has 0 unspecified atom stereocenters. The van der Waals surface area contributed by atoms with Crippen LogP contribution >= 0.6 is 23.2 Å². The maximum absolute atomic E-state index is 12.4. The van der Waals surface area contributed by atoms with Gasteiger partial charge in [-0.25, -0.2) is 9.78 Å². The fourth-order valence-electron chi connectivity index (χ4n) is 3.47. The van der Waals surface area contributed by atoms with E-state index in [1.165, 1.54) is 6.07 Å². The van der Waals surface area contributed by atoms with E-state index in [0.29, 0.717) is 21.6 Å². The first kappa shape index (κ1) is 23.1. The van der Waals surface area contributed by atoms with Gasteiger partial charge >= 0.3 is 6.03 Å². The van der Waals surface area contributed by atoms with Crippen molar-refractivity contribution in [2.45, 2.75) is 6.54 Å². The van der Waals surface area contributed by atoms with Crippen molar-refractivity contribution in [2.24, 2.45) is 5.73 Å². The minimum Gasteiger partial charge on any atom is -0.394 e. The summed E-state index contributed by atoms with van der Waals surface area (Å²) in [4.78, 5) is 22.4. The highest BCUT2D eigenvalue weighted by molar-refractivity contribution is 6.42. The van der Waals surface area contributed by atoms with Crippen LogP contribution in [0.1, 0.15) is 11.4 Å². The van der Waals surface area contributed by atoms with Crippen molar-refractivity contribution in [3.8, 4) is 0 Å². The number of nitrogens with two attached hydrogens (primary N) is 1. The third-order valence-corrected chi connectivity index (χ3v) is 5.91. The Hall–Kier alpha value is -3.11. The highest BCUT2D eigenvalue weighted by Crippen LogP contribution is 2.25. The third-order valence-electron chi connectivity index (χ3n) is 5.17. The van der Waals surface area contributed by atoms with Crippen molar-refractivity contribution in [3.05, 3.63) is 63.5 Å². The largest absolute Gasteiger partial charge is 0.394 e. The van der Waals surface area contributed by atoms with Crippen LogP contribution in [0, 0.1) is 5.41 Å². The van der Waals surface area contributed by atoms with Gasteiger partial charge in [-0.1, -0.05) is 29.3 Å². The third kappa shape index (κ3) is 5.63. The second kappa shape index (κ2) is 10.2. The quantitative estimate of drug-likeness (QED) is 0.337. The van der Waals surface area contributed by atoms with Crippen LogP contribution in [-0.2, 0) is 11.3 Å². The number of benzene rings is 2. The zero-order valence-electron chi connectivity index (χ0n) is 17.6. The van der Waals surface area contributed by atoms with Gasteiger partial charge in [-0.05, 0) is 35.9 Å². The number of halogens is 2. The number of carbonyl (C=O) groups excluding carboxylic acids is 1. The summed E-state index contributed by atoms with van der Waals surface area (Å²) in [5.74, 6) is 0.363. The molecule has 1 aliphatic heterocycles. The number of aromatic nitrogens is 2. The number of fused-ring (bicyclic) bond motifs is 1. The summed E-state index contributed by atoms with van der Waals surface area (Å²) in [6.07, 6.45) is 0.959. The van der Waals surface area contributed by atoms with Crippen LogP contribution in [-0.4, -0.2) is 53.4 Å². The Kier molecular flexibility index (Phi) is 7.14. The number of hydrogen-bond acceptors (Lipinski definition) is 6. The van der Waals surface area contributed by atoms with Crippen LogP contribution in [0.4, 0.5) is 10.5 Å². The number of imidazole rings is 1. The highest BCUT2D eigenvalue weighted by atomic mass is 35.5. The molecule has 6 N–H and O–H groups in total. The van der Waals surface area contributed by atoms with Gasteiger partial charge in [0.05, 0.1) is 40.0 Å². The fraction of sp³-hybridized carbons (Fsp3) is 0.227. The topological polar surface area (TPSA) is 132 Å². The second-order valence-corrected chi connectivity index (χ2v) is 8.32. The number of ether oxygens (including phenoxy) is 1. The van der Waals surface area contributed by atoms with E-state index < -0.39 is 6.03 Å². The number of amides is 2. The Morgan fingerprint density at radius 1 is 1.21 bits per heavy atom. The number of aromatic amines is 1. The summed E-state index contributed by atoms with van der Waals surface area (Å²) in [6, 6.07) is 10.1. The smallest absolute Gasteiger partial charge is 0.323 e. The summed E-state index contributed by atoms with van der Waals surface area (Å²) in [6.45, 7) is 4.12. The summed E-state index contributed by atoms with van der Waals surface area (Å²) in [5.41, 5.74) is 9.61. The normalized spacial score (nSPS) is 15.2. The van der Waals surface area contributed by atoms with Crippen LogP contribution in [0.25, 0.3) is 16.7 Å². The Morgan fingerprint density at radius 2 is 2.00 bits per heavy atom. The van der Waals surface area contributed by atoms with E-state index in [1.54, 1.807) is 12.1 Å². The predicted molar refractivity (Wildman–Crippen MR) is 131 cm³/mol. The van der Waals surface area contributed by atoms with Gasteiger partial charge in [-0.2, -0.15) is 0 Å². The average molecular weight is 488 g/mol. The molecule has 11 heteroatoms. The molecule has 0 bridgehead atoms. The minimum absolute atomic E-state index is 0.0974. The number of H-pyrrole nitrogens is 1. The highest BCUT2D eigenvalue weighted by Gasteiger charge is 2.14. The summed E-state index contributed by atoms with van der Waals surface area (Å²) < 4.78 is 5.40. The van der Waals surface area contributed by atoms with Gasteiger partial charge in [-0.15, -0.1) is 0 Å². The average Bonchev–Trinajstić information content (AvgIpc) is 3.23. The summed E-state index contributed by atoms with van der Waals surface area (Å²) in [7, 11) is 0. The lowest BCUT2D eigenvalue weighted by Gasteiger charge is -2.26. The minimum atomic E-state index is -0.584. The van der Waals surface area contributed by atoms with Crippen molar-refractivity contribution in [2.75, 3.05) is 31.6 Å². The SMILES string of the molecule is N=CC(NC(=O)Nc1ccc(Cl)c(Cl)c1)=C(N)c1nc2ccc(CN3CCOCC3)cc2[nH]1. The number of nitrogens with one attached hydrogen (secondary N) is 4. The number of hydrogen-bond donors (Lipinski definition) is 5. The number of carbonyl (C=O) groups is 1. The molecule has 1 fully saturated rings. The van der Waals surface area contributed by atoms with E-state index in [1.807, 2.05) is 18.2 Å². The molecule has 3 aromatic rings. The first-order valence-corrected chi connectivity index (χ1v) is 11.0. The maximum atomic E-state index is 12.4. The zero-order chi connectivity index (χ0) is 23.4. The van der Waals surface area contributed by atoms with Crippen molar-refractivity contribution >= 4 is 57.9 Å². The maximum Gasteiger partial charge on any atom is 0.323 e. The molecule has 1 aliphatic rings. The fourth-order valence-corrected chi connectivity index (χ4v) is 3.77. The van der Waals surface area contributed by atoms with Crippen molar-refractivity contribution in [3.63, 3.8) is 0 Å². The van der Waals surface area contributed by atoms with Gasteiger partial charge < -0.3 is 31.5 Å². The molecular formula is C22H23Cl2N7O2. The number of morpholine rings is 1. The molecule has 0 saturated carbocycles. The van der Waals surface area contributed by atoms with Crippen LogP contribution < -0.4 is 16.4 Å². The number of anilines is 1. The van der Waals surface area contributed by atoms with Crippen LogP contribution in [0.2, 0.25) is 10.0 Å². The Labute approximate surface area is 200 Å². The lowest BCUT2D eigenvalue weighted by molar-refractivity contribution is 0.0342. The molecule has 2 amide bonds. The zero-order valence-corrected chi connectivity index (χ0v) is 19.1. The van der Waals surface area contributed by atoms with Gasteiger partial charge in [0.15, 0.2) is 5.82 Å². The van der Waals surface area contributed by atoms with Gasteiger partial charge in [-0.3, -0.25) is 4.90 Å². The molecular weight excluding hydrogens is 465 g/mol. The molecule has 0 atom stereocenters. The molecule has 2 aromatic carbocycles. The van der Waals surface area contributed by atoms with E-state index >= 15 is 0 Å². The summed E-state index contributed by atoms with van der Waals surface area (Å²) >= 11 is 11.9. The molecule has 0 radical (unpaired) electrons. The monoisotopic (exact) mass is 487 g/mol. The lowest BCUT2D eigenvalue weighted by atomic mass is 10.2. The van der Waals surface area contributed by atoms with E-state index in [0.717, 1.165) is 55.7 Å². The predicted octanol–water partition coefficient (Wildman–Crippen LogP) is 3.80. The molecule has 2 heterocycles. The number of allylic oxidation sites excluding steroid dienone is 1. The molecule has 172 valence electrons. The van der Waals surface area contributed by atoms with E-state index in [2.05, 4.69) is 25.5 Å². The van der Waals surface area contributed by atoms with Gasteiger partial charge in [0.1, 0.15) is 5.70 Å². The van der Waals surface area contributed by atoms with Crippen LogP contribution in [0.5, 0.6) is 0 Å².